The number of nitrogens with one attached hydrogen (secondary N) is 1. The van der Waals surface area contributed by atoms with E-state index in [1.54, 1.807) is 19.4 Å². The molecule has 0 radical (unpaired) electrons. The maximum Gasteiger partial charge on any atom is 0.141 e. The van der Waals surface area contributed by atoms with E-state index in [1.807, 2.05) is 0 Å². The van der Waals surface area contributed by atoms with E-state index in [2.05, 4.69) is 17.2 Å². The van der Waals surface area contributed by atoms with Crippen LogP contribution in [0.1, 0.15) is 37.8 Å². The monoisotopic (exact) mass is 252 g/mol. The topological polar surface area (TPSA) is 34.2 Å². The second-order valence-electron chi connectivity index (χ2n) is 4.91. The van der Waals surface area contributed by atoms with Crippen LogP contribution in [0, 0.1) is 11.7 Å². The summed E-state index contributed by atoms with van der Waals surface area (Å²) >= 11 is 0. The number of pyridine rings is 1. The Labute approximate surface area is 108 Å². The molecule has 0 saturated heterocycles. The molecule has 1 aromatic heterocycles. The number of hydrogen-bond acceptors (Lipinski definition) is 3. The van der Waals surface area contributed by atoms with E-state index in [0.717, 1.165) is 18.5 Å². The van der Waals surface area contributed by atoms with Gasteiger partial charge >= 0.3 is 0 Å². The highest BCUT2D eigenvalue weighted by Crippen LogP contribution is 2.39. The van der Waals surface area contributed by atoms with Crippen LogP contribution in [0.4, 0.5) is 4.39 Å². The first-order valence-electron chi connectivity index (χ1n) is 6.63. The molecule has 1 aromatic rings. The molecular formula is C14H21FN2O. The van der Waals surface area contributed by atoms with Gasteiger partial charge < -0.3 is 10.1 Å². The summed E-state index contributed by atoms with van der Waals surface area (Å²) in [7, 11) is 1.73. The first-order valence-corrected chi connectivity index (χ1v) is 6.63. The number of rotatable bonds is 7. The van der Waals surface area contributed by atoms with Gasteiger partial charge in [0.2, 0.25) is 0 Å². The standard InChI is InChI=1S/C14H21FN2O/c1-3-6-17-13(14(18-2)10-4-5-10)11-7-12(15)9-16-8-11/h7-10,13-14,17H,3-6H2,1-2H3. The van der Waals surface area contributed by atoms with Gasteiger partial charge in [-0.25, -0.2) is 4.39 Å². The summed E-state index contributed by atoms with van der Waals surface area (Å²) in [5, 5.41) is 3.45. The normalized spacial score (nSPS) is 18.6. The Morgan fingerprint density at radius 2 is 2.28 bits per heavy atom. The van der Waals surface area contributed by atoms with Gasteiger partial charge in [-0.1, -0.05) is 6.92 Å². The zero-order chi connectivity index (χ0) is 13.0. The first kappa shape index (κ1) is 13.4. The van der Waals surface area contributed by atoms with Gasteiger partial charge in [0, 0.05) is 13.3 Å². The highest BCUT2D eigenvalue weighted by molar-refractivity contribution is 5.18. The third-order valence-electron chi connectivity index (χ3n) is 3.39. The van der Waals surface area contributed by atoms with Crippen LogP contribution in [-0.4, -0.2) is 24.7 Å². The smallest absolute Gasteiger partial charge is 0.141 e. The van der Waals surface area contributed by atoms with E-state index in [4.69, 9.17) is 4.74 Å². The van der Waals surface area contributed by atoms with Crippen molar-refractivity contribution in [2.45, 2.75) is 38.3 Å². The van der Waals surface area contributed by atoms with Crippen molar-refractivity contribution in [3.05, 3.63) is 29.8 Å². The number of methoxy groups -OCH3 is 1. The Hall–Kier alpha value is -1.00. The molecule has 4 heteroatoms. The second kappa shape index (κ2) is 6.25. The molecule has 2 unspecified atom stereocenters. The molecule has 1 aliphatic rings. The van der Waals surface area contributed by atoms with Gasteiger partial charge in [0.15, 0.2) is 0 Å². The summed E-state index contributed by atoms with van der Waals surface area (Å²) in [5.41, 5.74) is 0.877. The Balaban J connectivity index is 2.17. The average Bonchev–Trinajstić information content (AvgIpc) is 3.18. The molecule has 100 valence electrons. The molecule has 0 bridgehead atoms. The van der Waals surface area contributed by atoms with E-state index in [0.29, 0.717) is 5.92 Å². The van der Waals surface area contributed by atoms with Crippen LogP contribution in [0.2, 0.25) is 0 Å². The van der Waals surface area contributed by atoms with Gasteiger partial charge in [0.1, 0.15) is 5.82 Å². The summed E-state index contributed by atoms with van der Waals surface area (Å²) in [4.78, 5) is 3.94. The van der Waals surface area contributed by atoms with Gasteiger partial charge in [0.05, 0.1) is 18.3 Å². The van der Waals surface area contributed by atoms with Gasteiger partial charge in [-0.3, -0.25) is 4.98 Å². The lowest BCUT2D eigenvalue weighted by atomic mass is 9.99. The van der Waals surface area contributed by atoms with Crippen LogP contribution in [-0.2, 0) is 4.74 Å². The molecule has 0 amide bonds. The fourth-order valence-electron chi connectivity index (χ4n) is 2.35. The van der Waals surface area contributed by atoms with E-state index in [-0.39, 0.29) is 18.0 Å². The van der Waals surface area contributed by atoms with E-state index < -0.39 is 0 Å². The van der Waals surface area contributed by atoms with Crippen LogP contribution in [0.5, 0.6) is 0 Å². The maximum atomic E-state index is 13.3. The van der Waals surface area contributed by atoms with Crippen molar-refractivity contribution in [3.8, 4) is 0 Å². The summed E-state index contributed by atoms with van der Waals surface area (Å²) in [6.45, 7) is 3.01. The zero-order valence-electron chi connectivity index (χ0n) is 11.0. The molecule has 1 heterocycles. The molecular weight excluding hydrogens is 231 g/mol. The molecule has 2 rings (SSSR count). The summed E-state index contributed by atoms with van der Waals surface area (Å²) < 4.78 is 18.9. The fraction of sp³-hybridized carbons (Fsp3) is 0.643. The second-order valence-corrected chi connectivity index (χ2v) is 4.91. The largest absolute Gasteiger partial charge is 0.379 e. The molecule has 0 aliphatic heterocycles. The van der Waals surface area contributed by atoms with Crippen molar-refractivity contribution in [3.63, 3.8) is 0 Å². The quantitative estimate of drug-likeness (QED) is 0.810. The van der Waals surface area contributed by atoms with Crippen LogP contribution < -0.4 is 5.32 Å². The number of nitrogens with zero attached hydrogens (tertiary/aromatic N) is 1. The average molecular weight is 252 g/mol. The highest BCUT2D eigenvalue weighted by Gasteiger charge is 2.37. The minimum atomic E-state index is -0.290. The minimum Gasteiger partial charge on any atom is -0.379 e. The van der Waals surface area contributed by atoms with Crippen molar-refractivity contribution in [1.82, 2.24) is 10.3 Å². The SMILES string of the molecule is CCCNC(c1cncc(F)c1)C(OC)C1CC1. The number of aromatic nitrogens is 1. The first-order chi connectivity index (χ1) is 8.76. The summed E-state index contributed by atoms with van der Waals surface area (Å²) in [6, 6.07) is 1.58. The molecule has 1 saturated carbocycles. The predicted octanol–water partition coefficient (Wildman–Crippen LogP) is 2.69. The van der Waals surface area contributed by atoms with Crippen LogP contribution in [0.3, 0.4) is 0 Å². The van der Waals surface area contributed by atoms with E-state index >= 15 is 0 Å². The van der Waals surface area contributed by atoms with Crippen molar-refractivity contribution in [2.75, 3.05) is 13.7 Å². The lowest BCUT2D eigenvalue weighted by Crippen LogP contribution is -2.35. The van der Waals surface area contributed by atoms with Crippen LogP contribution >= 0.6 is 0 Å². The summed E-state index contributed by atoms with van der Waals surface area (Å²) in [5.74, 6) is 0.300. The molecule has 1 aliphatic carbocycles. The fourth-order valence-corrected chi connectivity index (χ4v) is 2.35. The number of hydrogen-bond donors (Lipinski definition) is 1. The van der Waals surface area contributed by atoms with Crippen LogP contribution in [0.15, 0.2) is 18.5 Å². The molecule has 2 atom stereocenters. The van der Waals surface area contributed by atoms with Crippen molar-refractivity contribution in [1.29, 1.82) is 0 Å². The van der Waals surface area contributed by atoms with Crippen molar-refractivity contribution < 1.29 is 9.13 Å². The number of ether oxygens (including phenoxy) is 1. The van der Waals surface area contributed by atoms with E-state index in [1.165, 1.54) is 19.0 Å². The molecule has 3 nitrogen and oxygen atoms in total. The van der Waals surface area contributed by atoms with E-state index in [9.17, 15) is 4.39 Å². The third kappa shape index (κ3) is 3.27. The predicted molar refractivity (Wildman–Crippen MR) is 68.8 cm³/mol. The van der Waals surface area contributed by atoms with Gasteiger partial charge in [-0.15, -0.1) is 0 Å². The van der Waals surface area contributed by atoms with Gasteiger partial charge in [0.25, 0.3) is 0 Å². The molecule has 1 N–H and O–H groups in total. The molecule has 1 fully saturated rings. The molecule has 0 aromatic carbocycles. The molecule has 18 heavy (non-hydrogen) atoms. The minimum absolute atomic E-state index is 0.0330. The van der Waals surface area contributed by atoms with Crippen molar-refractivity contribution >= 4 is 0 Å². The third-order valence-corrected chi connectivity index (χ3v) is 3.39. The lowest BCUT2D eigenvalue weighted by molar-refractivity contribution is 0.0505. The Morgan fingerprint density at radius 1 is 1.50 bits per heavy atom. The summed E-state index contributed by atoms with van der Waals surface area (Å²) in [6.07, 6.45) is 6.52. The highest BCUT2D eigenvalue weighted by atomic mass is 19.1. The van der Waals surface area contributed by atoms with Crippen LogP contribution in [0.25, 0.3) is 0 Å². The number of halogens is 1. The Kier molecular flexibility index (Phi) is 4.66. The lowest BCUT2D eigenvalue weighted by Gasteiger charge is -2.27. The Morgan fingerprint density at radius 3 is 2.83 bits per heavy atom. The van der Waals surface area contributed by atoms with Gasteiger partial charge in [-0.05, 0) is 43.4 Å². The van der Waals surface area contributed by atoms with Gasteiger partial charge in [-0.2, -0.15) is 0 Å². The zero-order valence-corrected chi connectivity index (χ0v) is 11.0. The maximum absolute atomic E-state index is 13.3. The molecule has 0 spiro atoms. The van der Waals surface area contributed by atoms with Crippen molar-refractivity contribution in [2.24, 2.45) is 5.92 Å². The Bertz CT molecular complexity index is 382.